The molecule has 2 aliphatic rings. The van der Waals surface area contributed by atoms with Crippen LogP contribution in [-0.2, 0) is 9.59 Å². The number of rotatable bonds is 6. The van der Waals surface area contributed by atoms with Crippen molar-refractivity contribution in [2.24, 2.45) is 11.7 Å². The van der Waals surface area contributed by atoms with E-state index in [4.69, 9.17) is 5.73 Å². The average Bonchev–Trinajstić information content (AvgIpc) is 2.68. The summed E-state index contributed by atoms with van der Waals surface area (Å²) in [6.07, 6.45) is 2.21. The topological polar surface area (TPSA) is 86.9 Å². The molecule has 0 aromatic carbocycles. The molecule has 6 heteroatoms. The molecule has 22 heavy (non-hydrogen) atoms. The molecule has 2 rings (SSSR count). The number of hydrogen-bond donors (Lipinski definition) is 2. The van der Waals surface area contributed by atoms with Crippen LogP contribution < -0.4 is 5.73 Å². The van der Waals surface area contributed by atoms with E-state index in [1.54, 1.807) is 13.0 Å². The van der Waals surface area contributed by atoms with Gasteiger partial charge in [-0.2, -0.15) is 0 Å². The molecule has 4 atom stereocenters. The van der Waals surface area contributed by atoms with Crippen molar-refractivity contribution in [2.75, 3.05) is 13.1 Å². The summed E-state index contributed by atoms with van der Waals surface area (Å²) in [7, 11) is 0. The summed E-state index contributed by atoms with van der Waals surface area (Å²) in [5, 5.41) is 9.87. The Morgan fingerprint density at radius 3 is 2.64 bits per heavy atom. The molecule has 0 saturated carbocycles. The molecule has 0 bridgehead atoms. The van der Waals surface area contributed by atoms with Crippen LogP contribution in [0, 0.1) is 5.92 Å². The quantitative estimate of drug-likeness (QED) is 0.682. The molecular formula is C16H27N3O3. The number of nitrogens with zero attached hydrogens (tertiary/aromatic N) is 2. The van der Waals surface area contributed by atoms with Crippen LogP contribution in [0.5, 0.6) is 0 Å². The minimum atomic E-state index is -0.854. The fourth-order valence-electron chi connectivity index (χ4n) is 3.97. The number of nitrogens with two attached hydrogens (primary N) is 1. The molecule has 2 aliphatic heterocycles. The van der Waals surface area contributed by atoms with Gasteiger partial charge in [0.1, 0.15) is 6.04 Å². The second-order valence-corrected chi connectivity index (χ2v) is 6.94. The van der Waals surface area contributed by atoms with Crippen molar-refractivity contribution in [3.05, 3.63) is 12.7 Å². The van der Waals surface area contributed by atoms with E-state index in [0.29, 0.717) is 25.4 Å². The minimum absolute atomic E-state index is 0.148. The van der Waals surface area contributed by atoms with Gasteiger partial charge in [0.25, 0.3) is 0 Å². The van der Waals surface area contributed by atoms with Gasteiger partial charge in [0.2, 0.25) is 11.8 Å². The highest BCUT2D eigenvalue weighted by molar-refractivity contribution is 5.82. The van der Waals surface area contributed by atoms with E-state index in [1.807, 2.05) is 9.80 Å². The molecule has 6 nitrogen and oxygen atoms in total. The summed E-state index contributed by atoms with van der Waals surface area (Å²) in [5.41, 5.74) is 5.14. The number of amides is 2. The molecule has 2 heterocycles. The monoisotopic (exact) mass is 309 g/mol. The Morgan fingerprint density at radius 1 is 1.55 bits per heavy atom. The Balaban J connectivity index is 2.25. The van der Waals surface area contributed by atoms with Crippen molar-refractivity contribution in [2.45, 2.75) is 57.3 Å². The molecule has 2 amide bonds. The van der Waals surface area contributed by atoms with Gasteiger partial charge in [-0.25, -0.2) is 0 Å². The van der Waals surface area contributed by atoms with Gasteiger partial charge in [-0.05, 0) is 19.3 Å². The highest BCUT2D eigenvalue weighted by Gasteiger charge is 2.61. The molecule has 0 radical (unpaired) electrons. The lowest BCUT2D eigenvalue weighted by Crippen LogP contribution is -2.78. The van der Waals surface area contributed by atoms with Crippen molar-refractivity contribution in [1.29, 1.82) is 0 Å². The Hall–Kier alpha value is -1.40. The predicted octanol–water partition coefficient (Wildman–Crippen LogP) is 0.109. The fourth-order valence-corrected chi connectivity index (χ4v) is 3.97. The number of aliphatic hydroxyl groups is 1. The van der Waals surface area contributed by atoms with Crippen LogP contribution in [0.1, 0.15) is 33.6 Å². The predicted molar refractivity (Wildman–Crippen MR) is 83.9 cm³/mol. The third kappa shape index (κ3) is 2.54. The van der Waals surface area contributed by atoms with Gasteiger partial charge in [-0.1, -0.05) is 19.9 Å². The Bertz CT molecular complexity index is 477. The Morgan fingerprint density at radius 2 is 2.18 bits per heavy atom. The van der Waals surface area contributed by atoms with Gasteiger partial charge in [-0.15, -0.1) is 6.58 Å². The van der Waals surface area contributed by atoms with Crippen LogP contribution >= 0.6 is 0 Å². The van der Waals surface area contributed by atoms with Crippen LogP contribution in [0.3, 0.4) is 0 Å². The summed E-state index contributed by atoms with van der Waals surface area (Å²) >= 11 is 0. The van der Waals surface area contributed by atoms with E-state index in [0.717, 1.165) is 6.42 Å². The van der Waals surface area contributed by atoms with Crippen molar-refractivity contribution in [3.63, 3.8) is 0 Å². The maximum Gasteiger partial charge on any atom is 0.237 e. The van der Waals surface area contributed by atoms with Gasteiger partial charge in [0, 0.05) is 19.5 Å². The zero-order valence-electron chi connectivity index (χ0n) is 13.7. The Labute approximate surface area is 131 Å². The van der Waals surface area contributed by atoms with Gasteiger partial charge in [0.15, 0.2) is 0 Å². The molecule has 2 unspecified atom stereocenters. The number of hydrogen-bond acceptors (Lipinski definition) is 4. The van der Waals surface area contributed by atoms with Crippen LogP contribution in [0.15, 0.2) is 12.7 Å². The maximum atomic E-state index is 12.3. The molecular weight excluding hydrogens is 282 g/mol. The van der Waals surface area contributed by atoms with E-state index >= 15 is 0 Å². The molecule has 2 fully saturated rings. The second-order valence-electron chi connectivity index (χ2n) is 6.94. The molecule has 3 N–H and O–H groups in total. The standard InChI is InChI=1S/C16H27N3O3/c1-5-12-16(7-6-13(21)19(16)8-10(2)3)9-18(12)14(11(4)20)15(17)22/h5,10-12,14,20H,1,6-9H2,2-4H3,(H2,17,22)/t11-,12?,14+,16?/m1/s1. The number of aliphatic hydroxyl groups excluding tert-OH is 1. The zero-order chi connectivity index (χ0) is 16.7. The first kappa shape index (κ1) is 17.0. The molecule has 2 saturated heterocycles. The fraction of sp³-hybridized carbons (Fsp3) is 0.750. The first-order chi connectivity index (χ1) is 10.2. The van der Waals surface area contributed by atoms with Gasteiger partial charge in [-0.3, -0.25) is 14.5 Å². The van der Waals surface area contributed by atoms with Crippen LogP contribution in [0.2, 0.25) is 0 Å². The van der Waals surface area contributed by atoms with Crippen LogP contribution in [0.4, 0.5) is 0 Å². The first-order valence-corrected chi connectivity index (χ1v) is 7.90. The number of primary amides is 1. The number of carbonyl (C=O) groups is 2. The molecule has 124 valence electrons. The molecule has 0 aliphatic carbocycles. The second kappa shape index (κ2) is 6.01. The third-order valence-corrected chi connectivity index (χ3v) is 4.85. The highest BCUT2D eigenvalue weighted by Crippen LogP contribution is 2.45. The van der Waals surface area contributed by atoms with Gasteiger partial charge in [0.05, 0.1) is 17.7 Å². The van der Waals surface area contributed by atoms with E-state index in [1.165, 1.54) is 0 Å². The SMILES string of the molecule is C=CC1N([C@H](C(N)=O)[C@@H](C)O)CC12CCC(=O)N2CC(C)C. The molecule has 0 aromatic heterocycles. The molecule has 1 spiro atoms. The maximum absolute atomic E-state index is 12.3. The largest absolute Gasteiger partial charge is 0.391 e. The smallest absolute Gasteiger partial charge is 0.237 e. The van der Waals surface area contributed by atoms with Crippen molar-refractivity contribution < 1.29 is 14.7 Å². The lowest BCUT2D eigenvalue weighted by molar-refractivity contribution is -0.155. The van der Waals surface area contributed by atoms with Gasteiger partial charge < -0.3 is 15.7 Å². The van der Waals surface area contributed by atoms with E-state index in [9.17, 15) is 14.7 Å². The Kier molecular flexibility index (Phi) is 4.63. The van der Waals surface area contributed by atoms with Crippen LogP contribution in [-0.4, -0.2) is 63.5 Å². The van der Waals surface area contributed by atoms with E-state index < -0.39 is 18.1 Å². The van der Waals surface area contributed by atoms with E-state index in [2.05, 4.69) is 20.4 Å². The number of carbonyl (C=O) groups excluding carboxylic acids is 2. The van der Waals surface area contributed by atoms with E-state index in [-0.39, 0.29) is 17.5 Å². The summed E-state index contributed by atoms with van der Waals surface area (Å²) in [4.78, 5) is 27.7. The number of likely N-dealkylation sites (tertiary alicyclic amines) is 2. The van der Waals surface area contributed by atoms with Crippen molar-refractivity contribution in [3.8, 4) is 0 Å². The summed E-state index contributed by atoms with van der Waals surface area (Å²) in [6.45, 7) is 10.9. The first-order valence-electron chi connectivity index (χ1n) is 7.90. The zero-order valence-corrected chi connectivity index (χ0v) is 13.7. The lowest BCUT2D eigenvalue weighted by Gasteiger charge is -2.60. The molecule has 0 aromatic rings. The third-order valence-electron chi connectivity index (χ3n) is 4.85. The normalized spacial score (nSPS) is 31.4. The lowest BCUT2D eigenvalue weighted by atomic mass is 9.75. The van der Waals surface area contributed by atoms with Crippen LogP contribution in [0.25, 0.3) is 0 Å². The average molecular weight is 309 g/mol. The summed E-state index contributed by atoms with van der Waals surface area (Å²) in [5.74, 6) is -0.00792. The van der Waals surface area contributed by atoms with Crippen molar-refractivity contribution >= 4 is 11.8 Å². The summed E-state index contributed by atoms with van der Waals surface area (Å²) in [6, 6.07) is -0.893. The van der Waals surface area contributed by atoms with Gasteiger partial charge >= 0.3 is 0 Å². The minimum Gasteiger partial charge on any atom is -0.391 e. The summed E-state index contributed by atoms with van der Waals surface area (Å²) < 4.78 is 0. The van der Waals surface area contributed by atoms with Crippen molar-refractivity contribution in [1.82, 2.24) is 9.80 Å². The highest BCUT2D eigenvalue weighted by atomic mass is 16.3.